The lowest BCUT2D eigenvalue weighted by molar-refractivity contribution is 0.154. The van der Waals surface area contributed by atoms with Crippen LogP contribution >= 0.6 is 0 Å². The Balaban J connectivity index is 1.74. The fourth-order valence-corrected chi connectivity index (χ4v) is 2.81. The molecule has 2 N–H and O–H groups in total. The Bertz CT molecular complexity index is 441. The van der Waals surface area contributed by atoms with Crippen LogP contribution in [-0.4, -0.2) is 55.3 Å². The number of piperidine rings is 1. The predicted octanol–water partition coefficient (Wildman–Crippen LogP) is 0.325. The minimum Gasteiger partial charge on any atom is -0.474 e. The van der Waals surface area contributed by atoms with Gasteiger partial charge in [-0.05, 0) is 32.9 Å². The van der Waals surface area contributed by atoms with Crippen molar-refractivity contribution in [2.24, 2.45) is 0 Å². The molecule has 0 aliphatic carbocycles. The molecule has 6 heteroatoms. The van der Waals surface area contributed by atoms with E-state index < -0.39 is 0 Å². The zero-order valence-electron chi connectivity index (χ0n) is 12.1. The fraction of sp³-hybridized carbons (Fsp3) is 0.714. The average molecular weight is 277 g/mol. The number of nitrogens with one attached hydrogen (secondary N) is 2. The number of hydrogen-bond acceptors (Lipinski definition) is 6. The van der Waals surface area contributed by atoms with Crippen LogP contribution in [0.2, 0.25) is 0 Å². The first-order chi connectivity index (χ1) is 9.84. The average Bonchev–Trinajstić information content (AvgIpc) is 2.51. The van der Waals surface area contributed by atoms with Gasteiger partial charge in [-0.1, -0.05) is 0 Å². The smallest absolute Gasteiger partial charge is 0.221 e. The maximum absolute atomic E-state index is 6.08. The van der Waals surface area contributed by atoms with Crippen LogP contribution < -0.4 is 20.3 Å². The Hall–Kier alpha value is -1.40. The summed E-state index contributed by atoms with van der Waals surface area (Å²) in [6.07, 6.45) is 4.00. The first-order valence-corrected chi connectivity index (χ1v) is 7.49. The van der Waals surface area contributed by atoms with Crippen molar-refractivity contribution >= 4 is 5.82 Å². The molecule has 2 fully saturated rings. The van der Waals surface area contributed by atoms with Gasteiger partial charge in [-0.2, -0.15) is 0 Å². The van der Waals surface area contributed by atoms with Gasteiger partial charge in [0.1, 0.15) is 18.2 Å². The van der Waals surface area contributed by atoms with E-state index in [4.69, 9.17) is 4.74 Å². The van der Waals surface area contributed by atoms with E-state index in [0.29, 0.717) is 0 Å². The van der Waals surface area contributed by atoms with Crippen LogP contribution in [0.15, 0.2) is 6.33 Å². The second kappa shape index (κ2) is 6.37. The van der Waals surface area contributed by atoms with E-state index in [9.17, 15) is 0 Å². The minimum atomic E-state index is 0.278. The lowest BCUT2D eigenvalue weighted by Gasteiger charge is -2.30. The van der Waals surface area contributed by atoms with Gasteiger partial charge in [0.2, 0.25) is 5.88 Å². The zero-order chi connectivity index (χ0) is 13.8. The maximum atomic E-state index is 6.08. The van der Waals surface area contributed by atoms with Gasteiger partial charge in [-0.3, -0.25) is 0 Å². The molecule has 2 aliphatic heterocycles. The Labute approximate surface area is 119 Å². The molecule has 0 amide bonds. The standard InChI is InChI=1S/C14H23N5O/c1-11-13(19-8-6-16-7-9-19)17-10-18-14(11)20-12-2-4-15-5-3-12/h10,12,15-16H,2-9H2,1H3. The van der Waals surface area contributed by atoms with Crippen LogP contribution in [0.3, 0.4) is 0 Å². The summed E-state index contributed by atoms with van der Waals surface area (Å²) in [7, 11) is 0. The van der Waals surface area contributed by atoms with Crippen LogP contribution in [0, 0.1) is 6.92 Å². The predicted molar refractivity (Wildman–Crippen MR) is 78.4 cm³/mol. The Kier molecular flexibility index (Phi) is 4.32. The van der Waals surface area contributed by atoms with E-state index in [2.05, 4.69) is 32.4 Å². The third kappa shape index (κ3) is 3.02. The number of hydrogen-bond donors (Lipinski definition) is 2. The van der Waals surface area contributed by atoms with E-state index in [0.717, 1.165) is 69.4 Å². The summed E-state index contributed by atoms with van der Waals surface area (Å²) >= 11 is 0. The molecular weight excluding hydrogens is 254 g/mol. The quantitative estimate of drug-likeness (QED) is 0.830. The lowest BCUT2D eigenvalue weighted by Crippen LogP contribution is -2.44. The largest absolute Gasteiger partial charge is 0.474 e. The number of anilines is 1. The lowest BCUT2D eigenvalue weighted by atomic mass is 10.1. The summed E-state index contributed by atoms with van der Waals surface area (Å²) in [6, 6.07) is 0. The molecule has 0 saturated carbocycles. The van der Waals surface area contributed by atoms with Crippen LogP contribution in [0.4, 0.5) is 5.82 Å². The molecule has 0 radical (unpaired) electrons. The molecule has 3 rings (SSSR count). The molecule has 110 valence electrons. The number of rotatable bonds is 3. The Morgan fingerprint density at radius 1 is 1.10 bits per heavy atom. The first-order valence-electron chi connectivity index (χ1n) is 7.49. The molecule has 2 saturated heterocycles. The van der Waals surface area contributed by atoms with Crippen molar-refractivity contribution in [2.75, 3.05) is 44.2 Å². The number of nitrogens with zero attached hydrogens (tertiary/aromatic N) is 3. The molecule has 0 aromatic carbocycles. The van der Waals surface area contributed by atoms with Crippen LogP contribution in [-0.2, 0) is 0 Å². The van der Waals surface area contributed by atoms with Gasteiger partial charge in [0.25, 0.3) is 0 Å². The van der Waals surface area contributed by atoms with Crippen molar-refractivity contribution < 1.29 is 4.74 Å². The molecule has 0 spiro atoms. The number of piperazine rings is 1. The molecular formula is C14H23N5O. The normalized spacial score (nSPS) is 20.9. The van der Waals surface area contributed by atoms with E-state index >= 15 is 0 Å². The van der Waals surface area contributed by atoms with Gasteiger partial charge in [0.05, 0.1) is 5.56 Å². The van der Waals surface area contributed by atoms with Crippen molar-refractivity contribution in [3.63, 3.8) is 0 Å². The Morgan fingerprint density at radius 3 is 2.55 bits per heavy atom. The Morgan fingerprint density at radius 2 is 1.80 bits per heavy atom. The van der Waals surface area contributed by atoms with Gasteiger partial charge in [-0.25, -0.2) is 9.97 Å². The topological polar surface area (TPSA) is 62.3 Å². The van der Waals surface area contributed by atoms with Crippen LogP contribution in [0.1, 0.15) is 18.4 Å². The van der Waals surface area contributed by atoms with Crippen molar-refractivity contribution in [1.29, 1.82) is 0 Å². The molecule has 6 nitrogen and oxygen atoms in total. The van der Waals surface area contributed by atoms with Crippen molar-refractivity contribution in [3.05, 3.63) is 11.9 Å². The second-order valence-electron chi connectivity index (χ2n) is 5.43. The van der Waals surface area contributed by atoms with Crippen molar-refractivity contribution in [3.8, 4) is 5.88 Å². The monoisotopic (exact) mass is 277 g/mol. The van der Waals surface area contributed by atoms with Crippen LogP contribution in [0.25, 0.3) is 0 Å². The molecule has 20 heavy (non-hydrogen) atoms. The summed E-state index contributed by atoms with van der Waals surface area (Å²) in [5.74, 6) is 1.77. The third-order valence-electron chi connectivity index (χ3n) is 3.99. The molecule has 2 aliphatic rings. The highest BCUT2D eigenvalue weighted by molar-refractivity contribution is 5.50. The fourth-order valence-electron chi connectivity index (χ4n) is 2.81. The summed E-state index contributed by atoms with van der Waals surface area (Å²) in [6.45, 7) is 8.11. The SMILES string of the molecule is Cc1c(OC2CCNCC2)ncnc1N1CCNCC1. The third-order valence-corrected chi connectivity index (χ3v) is 3.99. The van der Waals surface area contributed by atoms with E-state index in [1.165, 1.54) is 0 Å². The minimum absolute atomic E-state index is 0.278. The van der Waals surface area contributed by atoms with Gasteiger partial charge < -0.3 is 20.3 Å². The highest BCUT2D eigenvalue weighted by Gasteiger charge is 2.20. The first kappa shape index (κ1) is 13.6. The maximum Gasteiger partial charge on any atom is 0.221 e. The van der Waals surface area contributed by atoms with Crippen molar-refractivity contribution in [2.45, 2.75) is 25.9 Å². The summed E-state index contributed by atoms with van der Waals surface area (Å²) in [4.78, 5) is 11.1. The van der Waals surface area contributed by atoms with Gasteiger partial charge in [0.15, 0.2) is 0 Å². The van der Waals surface area contributed by atoms with Crippen LogP contribution in [0.5, 0.6) is 5.88 Å². The van der Waals surface area contributed by atoms with Gasteiger partial charge >= 0.3 is 0 Å². The zero-order valence-corrected chi connectivity index (χ0v) is 12.1. The highest BCUT2D eigenvalue weighted by atomic mass is 16.5. The summed E-state index contributed by atoms with van der Waals surface area (Å²) in [5, 5.41) is 6.71. The second-order valence-corrected chi connectivity index (χ2v) is 5.43. The van der Waals surface area contributed by atoms with Gasteiger partial charge in [-0.15, -0.1) is 0 Å². The number of ether oxygens (including phenoxy) is 1. The number of aromatic nitrogens is 2. The summed E-state index contributed by atoms with van der Waals surface area (Å²) < 4.78 is 6.08. The molecule has 0 unspecified atom stereocenters. The van der Waals surface area contributed by atoms with E-state index in [-0.39, 0.29) is 6.10 Å². The van der Waals surface area contributed by atoms with E-state index in [1.807, 2.05) is 0 Å². The van der Waals surface area contributed by atoms with Gasteiger partial charge in [0, 0.05) is 26.2 Å². The molecule has 0 atom stereocenters. The molecule has 3 heterocycles. The van der Waals surface area contributed by atoms with E-state index in [1.54, 1.807) is 6.33 Å². The van der Waals surface area contributed by atoms with Crippen molar-refractivity contribution in [1.82, 2.24) is 20.6 Å². The molecule has 1 aromatic rings. The highest BCUT2D eigenvalue weighted by Crippen LogP contribution is 2.26. The summed E-state index contributed by atoms with van der Waals surface area (Å²) in [5.41, 5.74) is 1.06. The molecule has 0 bridgehead atoms. The molecule has 1 aromatic heterocycles.